The molecule has 1 heterocycles. The van der Waals surface area contributed by atoms with Crippen LogP contribution in [-0.2, 0) is 23.7 Å². The van der Waals surface area contributed by atoms with Gasteiger partial charge in [0.25, 0.3) is 0 Å². The summed E-state index contributed by atoms with van der Waals surface area (Å²) in [6.45, 7) is 6.94. The highest BCUT2D eigenvalue weighted by Crippen LogP contribution is 2.27. The van der Waals surface area contributed by atoms with Crippen molar-refractivity contribution in [1.29, 1.82) is 0 Å². The van der Waals surface area contributed by atoms with Crippen LogP contribution in [0.15, 0.2) is 18.2 Å². The normalized spacial score (nSPS) is 16.3. The van der Waals surface area contributed by atoms with E-state index in [1.54, 1.807) is 39.8 Å². The standard InChI is InChI=1S/C19H28BNO7.ClH/c1-11(2)18(22)26-10-13(27-19(23)12(3)4)9-25-15-7-5-6-14-16(8-21)28-20(24)17(14)15;/h5-7,11-13,16,24H,8-10,21H2,1-4H3;1H/t13-,16+;/m0./s1. The molecule has 0 amide bonds. The quantitative estimate of drug-likeness (QED) is 0.440. The van der Waals surface area contributed by atoms with Gasteiger partial charge in [-0.15, -0.1) is 12.4 Å². The Kier molecular flexibility index (Phi) is 9.92. The summed E-state index contributed by atoms with van der Waals surface area (Å²) in [4.78, 5) is 23.7. The van der Waals surface area contributed by atoms with E-state index in [-0.39, 0.29) is 50.0 Å². The molecule has 0 unspecified atom stereocenters. The molecule has 3 N–H and O–H groups in total. The van der Waals surface area contributed by atoms with Crippen LogP contribution in [0.3, 0.4) is 0 Å². The average molecular weight is 430 g/mol. The summed E-state index contributed by atoms with van der Waals surface area (Å²) >= 11 is 0. The van der Waals surface area contributed by atoms with Crippen molar-refractivity contribution in [3.8, 4) is 5.75 Å². The Bertz CT molecular complexity index is 701. The van der Waals surface area contributed by atoms with E-state index >= 15 is 0 Å². The zero-order valence-corrected chi connectivity index (χ0v) is 17.9. The minimum absolute atomic E-state index is 0. The van der Waals surface area contributed by atoms with E-state index in [1.165, 1.54) is 0 Å². The van der Waals surface area contributed by atoms with Gasteiger partial charge in [0.05, 0.1) is 17.9 Å². The molecule has 29 heavy (non-hydrogen) atoms. The summed E-state index contributed by atoms with van der Waals surface area (Å²) in [7, 11) is -1.14. The molecule has 1 aromatic rings. The maximum Gasteiger partial charge on any atom is 0.495 e. The van der Waals surface area contributed by atoms with Crippen LogP contribution in [0.4, 0.5) is 0 Å². The van der Waals surface area contributed by atoms with Crippen molar-refractivity contribution >= 4 is 36.9 Å². The molecule has 2 atom stereocenters. The van der Waals surface area contributed by atoms with Crippen LogP contribution >= 0.6 is 12.4 Å². The molecule has 10 heteroatoms. The molecule has 0 saturated carbocycles. The Hall–Kier alpha value is -1.81. The van der Waals surface area contributed by atoms with Gasteiger partial charge in [0.2, 0.25) is 0 Å². The molecule has 0 aliphatic carbocycles. The van der Waals surface area contributed by atoms with Crippen molar-refractivity contribution < 1.29 is 33.5 Å². The van der Waals surface area contributed by atoms with Gasteiger partial charge in [-0.2, -0.15) is 0 Å². The summed E-state index contributed by atoms with van der Waals surface area (Å²) in [5, 5.41) is 10.2. The number of carbonyl (C=O) groups excluding carboxylic acids is 2. The molecule has 0 aromatic heterocycles. The first kappa shape index (κ1) is 25.2. The molecule has 0 fully saturated rings. The van der Waals surface area contributed by atoms with Crippen LogP contribution in [0.2, 0.25) is 0 Å². The highest BCUT2D eigenvalue weighted by Gasteiger charge is 2.37. The lowest BCUT2D eigenvalue weighted by Gasteiger charge is -2.21. The first-order chi connectivity index (χ1) is 13.2. The maximum absolute atomic E-state index is 12.0. The van der Waals surface area contributed by atoms with Crippen molar-refractivity contribution in [3.63, 3.8) is 0 Å². The molecule has 8 nitrogen and oxygen atoms in total. The van der Waals surface area contributed by atoms with Crippen molar-refractivity contribution in [1.82, 2.24) is 0 Å². The van der Waals surface area contributed by atoms with Gasteiger partial charge in [-0.1, -0.05) is 39.8 Å². The minimum Gasteiger partial charge on any atom is -0.490 e. The van der Waals surface area contributed by atoms with E-state index in [4.69, 9.17) is 24.6 Å². The van der Waals surface area contributed by atoms with Crippen molar-refractivity contribution in [2.24, 2.45) is 17.6 Å². The second-order valence-electron chi connectivity index (χ2n) is 7.28. The van der Waals surface area contributed by atoms with Crippen LogP contribution in [0.1, 0.15) is 39.4 Å². The van der Waals surface area contributed by atoms with E-state index in [1.807, 2.05) is 6.07 Å². The van der Waals surface area contributed by atoms with Crippen LogP contribution in [0.25, 0.3) is 0 Å². The van der Waals surface area contributed by atoms with Crippen molar-refractivity contribution in [3.05, 3.63) is 23.8 Å². The first-order valence-electron chi connectivity index (χ1n) is 9.40. The molecule has 2 rings (SSSR count). The molecular weight excluding hydrogens is 400 g/mol. The Morgan fingerprint density at radius 2 is 1.83 bits per heavy atom. The van der Waals surface area contributed by atoms with Gasteiger partial charge < -0.3 is 29.6 Å². The number of benzene rings is 1. The van der Waals surface area contributed by atoms with Crippen LogP contribution in [0.5, 0.6) is 5.75 Å². The number of hydrogen-bond donors (Lipinski definition) is 2. The molecule has 1 aromatic carbocycles. The van der Waals surface area contributed by atoms with Gasteiger partial charge in [-0.05, 0) is 11.6 Å². The van der Waals surface area contributed by atoms with Crippen LogP contribution < -0.4 is 15.9 Å². The summed E-state index contributed by atoms with van der Waals surface area (Å²) in [5.74, 6) is -1.02. The van der Waals surface area contributed by atoms with Gasteiger partial charge >= 0.3 is 19.1 Å². The van der Waals surface area contributed by atoms with Gasteiger partial charge in [-0.3, -0.25) is 9.59 Å². The monoisotopic (exact) mass is 429 g/mol. The number of fused-ring (bicyclic) bond motifs is 1. The first-order valence-corrected chi connectivity index (χ1v) is 9.40. The van der Waals surface area contributed by atoms with Gasteiger partial charge in [0.1, 0.15) is 19.0 Å². The Morgan fingerprint density at radius 1 is 1.17 bits per heavy atom. The van der Waals surface area contributed by atoms with E-state index in [9.17, 15) is 14.6 Å². The highest BCUT2D eigenvalue weighted by molar-refractivity contribution is 6.62. The van der Waals surface area contributed by atoms with Crippen molar-refractivity contribution in [2.45, 2.75) is 39.9 Å². The zero-order chi connectivity index (χ0) is 20.8. The lowest BCUT2D eigenvalue weighted by Crippen LogP contribution is -2.35. The summed E-state index contributed by atoms with van der Waals surface area (Å²) in [6, 6.07) is 5.27. The molecule has 0 spiro atoms. The Morgan fingerprint density at radius 3 is 2.41 bits per heavy atom. The molecule has 162 valence electrons. The van der Waals surface area contributed by atoms with Gasteiger partial charge in [-0.25, -0.2) is 0 Å². The second kappa shape index (κ2) is 11.4. The van der Waals surface area contributed by atoms with E-state index in [0.29, 0.717) is 11.2 Å². The van der Waals surface area contributed by atoms with Gasteiger partial charge in [0, 0.05) is 12.0 Å². The third kappa shape index (κ3) is 6.60. The van der Waals surface area contributed by atoms with E-state index < -0.39 is 25.3 Å². The number of rotatable bonds is 9. The van der Waals surface area contributed by atoms with E-state index in [0.717, 1.165) is 5.56 Å². The lowest BCUT2D eigenvalue weighted by molar-refractivity contribution is -0.164. The summed E-state index contributed by atoms with van der Waals surface area (Å²) in [6.07, 6.45) is -1.19. The zero-order valence-electron chi connectivity index (χ0n) is 17.1. The lowest BCUT2D eigenvalue weighted by atomic mass is 9.78. The molecule has 1 aliphatic heterocycles. The highest BCUT2D eigenvalue weighted by atomic mass is 35.5. The third-order valence-corrected chi connectivity index (χ3v) is 4.26. The fourth-order valence-electron chi connectivity index (χ4n) is 2.65. The third-order valence-electron chi connectivity index (χ3n) is 4.26. The molecule has 1 aliphatic rings. The molecule has 0 radical (unpaired) electrons. The molecule has 0 bridgehead atoms. The molecule has 0 saturated heterocycles. The fourth-order valence-corrected chi connectivity index (χ4v) is 2.65. The summed E-state index contributed by atoms with van der Waals surface area (Å²) in [5.41, 5.74) is 6.94. The summed E-state index contributed by atoms with van der Waals surface area (Å²) < 4.78 is 21.8. The number of ether oxygens (including phenoxy) is 3. The smallest absolute Gasteiger partial charge is 0.490 e. The predicted octanol–water partition coefficient (Wildman–Crippen LogP) is 0.972. The van der Waals surface area contributed by atoms with E-state index in [2.05, 4.69) is 0 Å². The predicted molar refractivity (Wildman–Crippen MR) is 110 cm³/mol. The SMILES string of the molecule is CC(C)C(=O)OC[C@H](COc1cccc2c1B(O)O[C@@H]2CN)OC(=O)C(C)C.Cl. The number of nitrogens with two attached hydrogens (primary N) is 1. The topological polar surface area (TPSA) is 117 Å². The van der Waals surface area contributed by atoms with Crippen LogP contribution in [0, 0.1) is 11.8 Å². The van der Waals surface area contributed by atoms with Crippen LogP contribution in [-0.4, -0.2) is 49.9 Å². The average Bonchev–Trinajstić information content (AvgIpc) is 2.99. The number of esters is 2. The second-order valence-corrected chi connectivity index (χ2v) is 7.28. The maximum atomic E-state index is 12.0. The number of halogens is 1. The largest absolute Gasteiger partial charge is 0.495 e. The Labute approximate surface area is 177 Å². The fraction of sp³-hybridized carbons (Fsp3) is 0.579. The Balaban J connectivity index is 0.00000420. The minimum atomic E-state index is -1.14. The van der Waals surface area contributed by atoms with Gasteiger partial charge in [0.15, 0.2) is 6.10 Å². The molecular formula is C19H29BClNO7. The van der Waals surface area contributed by atoms with Crippen molar-refractivity contribution in [2.75, 3.05) is 19.8 Å². The number of hydrogen-bond acceptors (Lipinski definition) is 8. The number of carbonyl (C=O) groups is 2.